The molecule has 0 spiro atoms. The molecular formula is C16H11N3O2. The topological polar surface area (TPSA) is 66.6 Å². The van der Waals surface area contributed by atoms with Crippen LogP contribution in [0.15, 0.2) is 48.7 Å². The summed E-state index contributed by atoms with van der Waals surface area (Å²) in [4.78, 5) is 15.8. The Hall–Kier alpha value is -3.26. The van der Waals surface area contributed by atoms with E-state index < -0.39 is 5.97 Å². The number of fused-ring (bicyclic) bond motifs is 1. The molecule has 2 aromatic heterocycles. The molecule has 3 aromatic rings. The monoisotopic (exact) mass is 277 g/mol. The van der Waals surface area contributed by atoms with Crippen molar-refractivity contribution in [3.05, 3.63) is 59.9 Å². The van der Waals surface area contributed by atoms with Crippen molar-refractivity contribution in [3.8, 4) is 12.3 Å². The lowest BCUT2D eigenvalue weighted by Crippen LogP contribution is -2.05. The zero-order valence-corrected chi connectivity index (χ0v) is 10.9. The van der Waals surface area contributed by atoms with Crippen molar-refractivity contribution in [2.75, 3.05) is 5.32 Å². The van der Waals surface area contributed by atoms with Crippen molar-refractivity contribution in [2.45, 2.75) is 0 Å². The number of benzene rings is 1. The minimum Gasteiger partial charge on any atom is -0.476 e. The molecule has 5 heteroatoms. The van der Waals surface area contributed by atoms with Gasteiger partial charge >= 0.3 is 5.97 Å². The number of carbonyl (C=O) groups is 1. The average Bonchev–Trinajstić information content (AvgIpc) is 2.85. The van der Waals surface area contributed by atoms with Crippen molar-refractivity contribution in [1.29, 1.82) is 0 Å². The highest BCUT2D eigenvalue weighted by atomic mass is 16.4. The Morgan fingerprint density at radius 2 is 2.14 bits per heavy atom. The molecule has 0 aliphatic carbocycles. The first-order chi connectivity index (χ1) is 10.2. The van der Waals surface area contributed by atoms with Gasteiger partial charge in [0.15, 0.2) is 11.5 Å². The van der Waals surface area contributed by atoms with Crippen LogP contribution in [0.2, 0.25) is 0 Å². The Balaban J connectivity index is 2.10. The molecule has 2 N–H and O–H groups in total. The van der Waals surface area contributed by atoms with E-state index in [2.05, 4.69) is 16.2 Å². The van der Waals surface area contributed by atoms with E-state index in [9.17, 15) is 9.90 Å². The van der Waals surface area contributed by atoms with Crippen molar-refractivity contribution in [3.63, 3.8) is 0 Å². The normalized spacial score (nSPS) is 10.2. The van der Waals surface area contributed by atoms with E-state index in [0.717, 1.165) is 0 Å². The fourth-order valence-corrected chi connectivity index (χ4v) is 2.11. The highest BCUT2D eigenvalue weighted by Gasteiger charge is 2.18. The van der Waals surface area contributed by atoms with Crippen LogP contribution in [0.1, 0.15) is 16.1 Å². The number of rotatable bonds is 3. The van der Waals surface area contributed by atoms with Gasteiger partial charge in [-0.1, -0.05) is 18.1 Å². The predicted molar refractivity (Wildman–Crippen MR) is 79.8 cm³/mol. The minimum atomic E-state index is -1.05. The van der Waals surface area contributed by atoms with Gasteiger partial charge in [-0.2, -0.15) is 0 Å². The van der Waals surface area contributed by atoms with Crippen molar-refractivity contribution in [2.24, 2.45) is 0 Å². The zero-order chi connectivity index (χ0) is 14.8. The Morgan fingerprint density at radius 1 is 1.29 bits per heavy atom. The van der Waals surface area contributed by atoms with Crippen molar-refractivity contribution in [1.82, 2.24) is 9.38 Å². The maximum Gasteiger partial charge on any atom is 0.356 e. The first-order valence-corrected chi connectivity index (χ1v) is 6.23. The average molecular weight is 277 g/mol. The molecule has 3 rings (SSSR count). The summed E-state index contributed by atoms with van der Waals surface area (Å²) in [6.07, 6.45) is 7.02. The summed E-state index contributed by atoms with van der Waals surface area (Å²) in [7, 11) is 0. The summed E-state index contributed by atoms with van der Waals surface area (Å²) in [6.45, 7) is 0. The Labute approximate surface area is 120 Å². The summed E-state index contributed by atoms with van der Waals surface area (Å²) >= 11 is 0. The van der Waals surface area contributed by atoms with Gasteiger partial charge in [-0.05, 0) is 30.3 Å². The number of pyridine rings is 1. The quantitative estimate of drug-likeness (QED) is 0.722. The second-order valence-electron chi connectivity index (χ2n) is 4.39. The fraction of sp³-hybridized carbons (Fsp3) is 0. The van der Waals surface area contributed by atoms with Crippen LogP contribution in [0.5, 0.6) is 0 Å². The van der Waals surface area contributed by atoms with Gasteiger partial charge in [0.25, 0.3) is 0 Å². The van der Waals surface area contributed by atoms with Gasteiger partial charge in [0, 0.05) is 17.4 Å². The van der Waals surface area contributed by atoms with E-state index in [1.165, 1.54) is 4.40 Å². The summed E-state index contributed by atoms with van der Waals surface area (Å²) < 4.78 is 1.52. The molecule has 0 aliphatic rings. The molecule has 0 unspecified atom stereocenters. The van der Waals surface area contributed by atoms with Gasteiger partial charge in [0.2, 0.25) is 0 Å². The van der Waals surface area contributed by atoms with Crippen LogP contribution in [0, 0.1) is 12.3 Å². The number of nitrogens with one attached hydrogen (secondary N) is 1. The van der Waals surface area contributed by atoms with Gasteiger partial charge in [0.05, 0.1) is 0 Å². The molecule has 5 nitrogen and oxygen atoms in total. The van der Waals surface area contributed by atoms with E-state index in [4.69, 9.17) is 6.42 Å². The zero-order valence-electron chi connectivity index (χ0n) is 10.9. The first kappa shape index (κ1) is 12.8. The number of hydrogen-bond acceptors (Lipinski definition) is 3. The molecule has 21 heavy (non-hydrogen) atoms. The second-order valence-corrected chi connectivity index (χ2v) is 4.39. The third kappa shape index (κ3) is 2.30. The van der Waals surface area contributed by atoms with Crippen LogP contribution in [-0.4, -0.2) is 20.5 Å². The smallest absolute Gasteiger partial charge is 0.356 e. The highest BCUT2D eigenvalue weighted by Crippen LogP contribution is 2.22. The molecular weight excluding hydrogens is 266 g/mol. The molecule has 0 radical (unpaired) electrons. The maximum atomic E-state index is 11.5. The van der Waals surface area contributed by atoms with Gasteiger partial charge < -0.3 is 10.4 Å². The number of carboxylic acids is 1. The standard InChI is InChI=1S/C16H11N3O2/c1-2-11-6-5-7-12(10-11)17-15-14(16(20)21)19-9-4-3-8-13(19)18-15/h1,3-10,17H,(H,20,21). The summed E-state index contributed by atoms with van der Waals surface area (Å²) in [6, 6.07) is 12.5. The molecule has 1 aromatic carbocycles. The molecule has 0 saturated carbocycles. The molecule has 102 valence electrons. The Bertz CT molecular complexity index is 875. The van der Waals surface area contributed by atoms with E-state index in [1.54, 1.807) is 48.7 Å². The van der Waals surface area contributed by atoms with Crippen LogP contribution < -0.4 is 5.32 Å². The first-order valence-electron chi connectivity index (χ1n) is 6.23. The number of terminal acetylenes is 1. The number of imidazole rings is 1. The summed E-state index contributed by atoms with van der Waals surface area (Å²) in [5.74, 6) is 1.76. The number of nitrogens with zero attached hydrogens (tertiary/aromatic N) is 2. The van der Waals surface area contributed by atoms with Crippen LogP contribution >= 0.6 is 0 Å². The SMILES string of the molecule is C#Cc1cccc(Nc2nc3ccccn3c2C(=O)O)c1. The number of hydrogen-bond donors (Lipinski definition) is 2. The summed E-state index contributed by atoms with van der Waals surface area (Å²) in [5, 5.41) is 12.4. The van der Waals surface area contributed by atoms with Gasteiger partial charge in [0.1, 0.15) is 5.65 Å². The number of aromatic carboxylic acids is 1. The van der Waals surface area contributed by atoms with Gasteiger partial charge in [-0.15, -0.1) is 6.42 Å². The fourth-order valence-electron chi connectivity index (χ4n) is 2.11. The molecule has 0 atom stereocenters. The van der Waals surface area contributed by atoms with Gasteiger partial charge in [-0.3, -0.25) is 4.40 Å². The molecule has 0 amide bonds. The third-order valence-electron chi connectivity index (χ3n) is 3.02. The van der Waals surface area contributed by atoms with Gasteiger partial charge in [-0.25, -0.2) is 9.78 Å². The molecule has 0 fully saturated rings. The van der Waals surface area contributed by atoms with Crippen molar-refractivity contribution < 1.29 is 9.90 Å². The van der Waals surface area contributed by atoms with Crippen LogP contribution in [0.4, 0.5) is 11.5 Å². The lowest BCUT2D eigenvalue weighted by molar-refractivity contribution is 0.0690. The predicted octanol–water partition coefficient (Wildman–Crippen LogP) is 2.76. The number of aromatic nitrogens is 2. The largest absolute Gasteiger partial charge is 0.476 e. The maximum absolute atomic E-state index is 11.5. The van der Waals surface area contributed by atoms with Crippen LogP contribution in [-0.2, 0) is 0 Å². The lowest BCUT2D eigenvalue weighted by atomic mass is 10.2. The minimum absolute atomic E-state index is 0.0803. The Kier molecular flexibility index (Phi) is 3.05. The van der Waals surface area contributed by atoms with Crippen LogP contribution in [0.3, 0.4) is 0 Å². The van der Waals surface area contributed by atoms with E-state index in [0.29, 0.717) is 16.9 Å². The lowest BCUT2D eigenvalue weighted by Gasteiger charge is -2.05. The molecule has 0 aliphatic heterocycles. The molecule has 0 bridgehead atoms. The summed E-state index contributed by atoms with van der Waals surface area (Å²) in [5.41, 5.74) is 2.04. The second kappa shape index (κ2) is 5.02. The van der Waals surface area contributed by atoms with Crippen molar-refractivity contribution >= 4 is 23.1 Å². The van der Waals surface area contributed by atoms with E-state index >= 15 is 0 Å². The van der Waals surface area contributed by atoms with Crippen LogP contribution in [0.25, 0.3) is 5.65 Å². The number of anilines is 2. The Morgan fingerprint density at radius 3 is 2.90 bits per heavy atom. The number of carboxylic acid groups (broad SMARTS) is 1. The molecule has 2 heterocycles. The van der Waals surface area contributed by atoms with E-state index in [1.807, 2.05) is 0 Å². The highest BCUT2D eigenvalue weighted by molar-refractivity contribution is 5.93. The third-order valence-corrected chi connectivity index (χ3v) is 3.02. The molecule has 0 saturated heterocycles. The van der Waals surface area contributed by atoms with E-state index in [-0.39, 0.29) is 11.5 Å².